The van der Waals surface area contributed by atoms with E-state index in [0.717, 1.165) is 5.56 Å². The van der Waals surface area contributed by atoms with E-state index < -0.39 is 23.6 Å². The van der Waals surface area contributed by atoms with E-state index in [-0.39, 0.29) is 6.42 Å². The Labute approximate surface area is 105 Å². The maximum absolute atomic E-state index is 11.4. The van der Waals surface area contributed by atoms with E-state index >= 15 is 0 Å². The standard InChI is InChI=1S/C13H15NO4/c1-8(15)12(16)10-5-3-9(4-6-10)7-11(14-2)13(17)18/h3-6,11,14H,7H2,1-2H3,(H,17,18)/p-1. The van der Waals surface area contributed by atoms with Crippen LogP contribution in [0.2, 0.25) is 0 Å². The molecule has 0 aliphatic heterocycles. The van der Waals surface area contributed by atoms with Gasteiger partial charge in [0.2, 0.25) is 5.78 Å². The highest BCUT2D eigenvalue weighted by Crippen LogP contribution is 2.08. The zero-order valence-electron chi connectivity index (χ0n) is 10.2. The van der Waals surface area contributed by atoms with Gasteiger partial charge in [0, 0.05) is 12.5 Å². The minimum atomic E-state index is -1.18. The first-order chi connectivity index (χ1) is 8.45. The summed E-state index contributed by atoms with van der Waals surface area (Å²) in [7, 11) is 1.54. The van der Waals surface area contributed by atoms with E-state index in [1.807, 2.05) is 0 Å². The second kappa shape index (κ2) is 6.07. The van der Waals surface area contributed by atoms with E-state index in [2.05, 4.69) is 5.32 Å². The Hall–Kier alpha value is -2.01. The van der Waals surface area contributed by atoms with Crippen molar-refractivity contribution in [3.05, 3.63) is 35.4 Å². The number of hydrogen-bond acceptors (Lipinski definition) is 5. The lowest BCUT2D eigenvalue weighted by atomic mass is 10.0. The second-order valence-electron chi connectivity index (χ2n) is 3.95. The Morgan fingerprint density at radius 2 is 1.78 bits per heavy atom. The van der Waals surface area contributed by atoms with Crippen LogP contribution in [0.3, 0.4) is 0 Å². The van der Waals surface area contributed by atoms with Gasteiger partial charge in [-0.1, -0.05) is 24.3 Å². The number of ketones is 2. The summed E-state index contributed by atoms with van der Waals surface area (Å²) in [5.74, 6) is -2.25. The quantitative estimate of drug-likeness (QED) is 0.533. The normalized spacial score (nSPS) is 11.9. The number of carbonyl (C=O) groups is 3. The molecule has 0 spiro atoms. The molecule has 0 amide bonds. The summed E-state index contributed by atoms with van der Waals surface area (Å²) in [6.45, 7) is 1.21. The molecule has 0 heterocycles. The molecular weight excluding hydrogens is 234 g/mol. The minimum Gasteiger partial charge on any atom is -0.548 e. The van der Waals surface area contributed by atoms with E-state index in [1.54, 1.807) is 12.1 Å². The van der Waals surface area contributed by atoms with Crippen LogP contribution < -0.4 is 10.4 Å². The van der Waals surface area contributed by atoms with Gasteiger partial charge in [0.25, 0.3) is 0 Å². The zero-order valence-corrected chi connectivity index (χ0v) is 10.2. The summed E-state index contributed by atoms with van der Waals surface area (Å²) < 4.78 is 0. The fourth-order valence-electron chi connectivity index (χ4n) is 1.53. The Morgan fingerprint density at radius 1 is 1.22 bits per heavy atom. The second-order valence-corrected chi connectivity index (χ2v) is 3.95. The molecule has 0 radical (unpaired) electrons. The van der Waals surface area contributed by atoms with Crippen molar-refractivity contribution in [3.63, 3.8) is 0 Å². The van der Waals surface area contributed by atoms with Crippen LogP contribution in [0.25, 0.3) is 0 Å². The molecule has 1 aromatic carbocycles. The summed E-state index contributed by atoms with van der Waals surface area (Å²) in [5.41, 5.74) is 1.05. The Kier molecular flexibility index (Phi) is 4.74. The van der Waals surface area contributed by atoms with Gasteiger partial charge in [0.1, 0.15) is 0 Å². The maximum atomic E-state index is 11.4. The van der Waals surface area contributed by atoms with Gasteiger partial charge in [-0.25, -0.2) is 0 Å². The largest absolute Gasteiger partial charge is 0.548 e. The zero-order chi connectivity index (χ0) is 13.7. The molecule has 0 aliphatic carbocycles. The predicted molar refractivity (Wildman–Crippen MR) is 63.0 cm³/mol. The first-order valence-corrected chi connectivity index (χ1v) is 5.48. The molecule has 0 aliphatic rings. The van der Waals surface area contributed by atoms with Gasteiger partial charge >= 0.3 is 0 Å². The number of carbonyl (C=O) groups excluding carboxylic acids is 3. The van der Waals surface area contributed by atoms with Gasteiger partial charge in [-0.3, -0.25) is 9.59 Å². The van der Waals surface area contributed by atoms with Crippen LogP contribution in [0.4, 0.5) is 0 Å². The van der Waals surface area contributed by atoms with Gasteiger partial charge in [-0.15, -0.1) is 0 Å². The highest BCUT2D eigenvalue weighted by atomic mass is 16.4. The number of Topliss-reactive ketones (excluding diaryl/α,β-unsaturated/α-hetero) is 2. The molecule has 18 heavy (non-hydrogen) atoms. The predicted octanol–water partition coefficient (Wildman–Crippen LogP) is -0.661. The van der Waals surface area contributed by atoms with Crippen molar-refractivity contribution in [1.82, 2.24) is 5.32 Å². The summed E-state index contributed by atoms with van der Waals surface area (Å²) >= 11 is 0. The minimum absolute atomic E-state index is 0.257. The lowest BCUT2D eigenvalue weighted by Gasteiger charge is -2.17. The van der Waals surface area contributed by atoms with Gasteiger partial charge in [-0.2, -0.15) is 0 Å². The monoisotopic (exact) mass is 248 g/mol. The molecule has 5 nitrogen and oxygen atoms in total. The summed E-state index contributed by atoms with van der Waals surface area (Å²) in [4.78, 5) is 33.0. The number of rotatable bonds is 6. The number of benzene rings is 1. The molecule has 0 saturated carbocycles. The van der Waals surface area contributed by atoms with Gasteiger partial charge in [0.15, 0.2) is 5.78 Å². The molecule has 1 unspecified atom stereocenters. The highest BCUT2D eigenvalue weighted by molar-refractivity contribution is 6.42. The summed E-state index contributed by atoms with van der Waals surface area (Å²) in [5, 5.41) is 13.3. The van der Waals surface area contributed by atoms with Crippen LogP contribution in [-0.2, 0) is 16.0 Å². The van der Waals surface area contributed by atoms with Gasteiger partial charge in [0.05, 0.1) is 12.0 Å². The van der Waals surface area contributed by atoms with Gasteiger partial charge in [-0.05, 0) is 19.0 Å². The maximum Gasteiger partial charge on any atom is 0.228 e. The van der Waals surface area contributed by atoms with Crippen LogP contribution >= 0.6 is 0 Å². The summed E-state index contributed by atoms with van der Waals surface area (Å²) in [6, 6.07) is 5.51. The third-order valence-electron chi connectivity index (χ3n) is 2.61. The van der Waals surface area contributed by atoms with Gasteiger partial charge < -0.3 is 15.2 Å². The third-order valence-corrected chi connectivity index (χ3v) is 2.61. The molecule has 96 valence electrons. The van der Waals surface area contributed by atoms with Crippen molar-refractivity contribution in [3.8, 4) is 0 Å². The molecule has 1 aromatic rings. The van der Waals surface area contributed by atoms with Crippen molar-refractivity contribution in [2.45, 2.75) is 19.4 Å². The molecule has 0 saturated heterocycles. The molecule has 5 heteroatoms. The van der Waals surface area contributed by atoms with Crippen molar-refractivity contribution >= 4 is 17.5 Å². The smallest absolute Gasteiger partial charge is 0.228 e. The molecule has 0 fully saturated rings. The average Bonchev–Trinajstić information content (AvgIpc) is 2.35. The Balaban J connectivity index is 2.80. The topological polar surface area (TPSA) is 86.3 Å². The van der Waals surface area contributed by atoms with Crippen LogP contribution in [0.5, 0.6) is 0 Å². The molecule has 0 bridgehead atoms. The van der Waals surface area contributed by atoms with Crippen molar-refractivity contribution < 1.29 is 19.5 Å². The van der Waals surface area contributed by atoms with Crippen LogP contribution in [0.1, 0.15) is 22.8 Å². The highest BCUT2D eigenvalue weighted by Gasteiger charge is 2.12. The number of hydrogen-bond donors (Lipinski definition) is 1. The fraction of sp³-hybridized carbons (Fsp3) is 0.308. The van der Waals surface area contributed by atoms with Crippen molar-refractivity contribution in [1.29, 1.82) is 0 Å². The first-order valence-electron chi connectivity index (χ1n) is 5.48. The number of likely N-dealkylation sites (N-methyl/N-ethyl adjacent to an activating group) is 1. The lowest BCUT2D eigenvalue weighted by molar-refractivity contribution is -0.308. The van der Waals surface area contributed by atoms with Crippen molar-refractivity contribution in [2.24, 2.45) is 0 Å². The SMILES string of the molecule is CNC(Cc1ccc(C(=O)C(C)=O)cc1)C(=O)[O-]. The fourth-order valence-corrected chi connectivity index (χ4v) is 1.53. The molecule has 1 N–H and O–H groups in total. The molecule has 1 rings (SSSR count). The van der Waals surface area contributed by atoms with Crippen molar-refractivity contribution in [2.75, 3.05) is 7.05 Å². The number of nitrogens with one attached hydrogen (secondary N) is 1. The van der Waals surface area contributed by atoms with Crippen LogP contribution in [-0.4, -0.2) is 30.6 Å². The van der Waals surface area contributed by atoms with E-state index in [1.165, 1.54) is 26.1 Å². The molecule has 1 atom stereocenters. The third kappa shape index (κ3) is 3.49. The average molecular weight is 248 g/mol. The molecule has 0 aromatic heterocycles. The lowest BCUT2D eigenvalue weighted by Crippen LogP contribution is -2.45. The number of carboxylic acid groups (broad SMARTS) is 1. The van der Waals surface area contributed by atoms with E-state index in [4.69, 9.17) is 0 Å². The Morgan fingerprint density at radius 3 is 2.17 bits per heavy atom. The Bertz CT molecular complexity index is 464. The first kappa shape index (κ1) is 14.1. The summed E-state index contributed by atoms with van der Waals surface area (Å²) in [6.07, 6.45) is 0.257. The van der Waals surface area contributed by atoms with E-state index in [0.29, 0.717) is 5.56 Å². The number of aliphatic carboxylic acids is 1. The van der Waals surface area contributed by atoms with E-state index in [9.17, 15) is 19.5 Å². The van der Waals surface area contributed by atoms with Crippen LogP contribution in [0.15, 0.2) is 24.3 Å². The van der Waals surface area contributed by atoms with Crippen LogP contribution in [0, 0.1) is 0 Å². The number of carboxylic acids is 1. The molecular formula is C13H14NO4-.